The molecule has 0 N–H and O–H groups in total. The van der Waals surface area contributed by atoms with Gasteiger partial charge in [-0.05, 0) is 84.6 Å². The van der Waals surface area contributed by atoms with Gasteiger partial charge >= 0.3 is 0 Å². The second-order valence-corrected chi connectivity index (χ2v) is 10.9. The molecule has 44 heavy (non-hydrogen) atoms. The number of nitrogens with zero attached hydrogens (tertiary/aromatic N) is 2. The molecule has 0 unspecified atom stereocenters. The predicted octanol–water partition coefficient (Wildman–Crippen LogP) is 11.3. The number of fused-ring (bicyclic) bond motifs is 3. The Kier molecular flexibility index (Phi) is 7.63. The van der Waals surface area contributed by atoms with E-state index in [9.17, 15) is 0 Å². The Morgan fingerprint density at radius 3 is 1.55 bits per heavy atom. The van der Waals surface area contributed by atoms with Gasteiger partial charge in [0, 0.05) is 33.5 Å². The number of allylic oxidation sites excluding steroid dienone is 3. The molecule has 0 amide bonds. The fraction of sp³-hybridized carbons (Fsp3) is 0.0476. The molecule has 0 atom stereocenters. The van der Waals surface area contributed by atoms with Crippen molar-refractivity contribution in [1.82, 2.24) is 4.57 Å². The smallest absolute Gasteiger partial charge is 0.0541 e. The number of anilines is 2. The summed E-state index contributed by atoms with van der Waals surface area (Å²) in [7, 11) is 0. The van der Waals surface area contributed by atoms with Crippen LogP contribution in [0.15, 0.2) is 182 Å². The lowest BCUT2D eigenvalue weighted by Gasteiger charge is -2.26. The van der Waals surface area contributed by atoms with E-state index in [2.05, 4.69) is 192 Å². The van der Waals surface area contributed by atoms with Crippen LogP contribution in [0.1, 0.15) is 12.5 Å². The topological polar surface area (TPSA) is 8.17 Å². The minimum atomic E-state index is 0.863. The molecule has 0 aliphatic heterocycles. The molecular formula is C42H34N2. The van der Waals surface area contributed by atoms with E-state index in [0.29, 0.717) is 0 Å². The number of hydrogen-bond acceptors (Lipinski definition) is 1. The van der Waals surface area contributed by atoms with Crippen LogP contribution in [0.2, 0.25) is 0 Å². The summed E-state index contributed by atoms with van der Waals surface area (Å²) in [6.07, 6.45) is 7.51. The third-order valence-corrected chi connectivity index (χ3v) is 8.22. The van der Waals surface area contributed by atoms with E-state index in [4.69, 9.17) is 0 Å². The molecular weight excluding hydrogens is 532 g/mol. The van der Waals surface area contributed by atoms with Crippen molar-refractivity contribution in [3.63, 3.8) is 0 Å². The molecule has 0 saturated heterocycles. The van der Waals surface area contributed by atoms with Crippen LogP contribution in [0.4, 0.5) is 11.4 Å². The van der Waals surface area contributed by atoms with Gasteiger partial charge in [0.25, 0.3) is 0 Å². The average molecular weight is 567 g/mol. The molecule has 1 heterocycles. The third-order valence-electron chi connectivity index (χ3n) is 8.22. The monoisotopic (exact) mass is 566 g/mol. The molecule has 0 aliphatic carbocycles. The maximum atomic E-state index is 2.36. The zero-order valence-corrected chi connectivity index (χ0v) is 24.8. The third kappa shape index (κ3) is 5.34. The van der Waals surface area contributed by atoms with Crippen LogP contribution in [-0.2, 0) is 6.42 Å². The van der Waals surface area contributed by atoms with E-state index in [1.165, 1.54) is 44.2 Å². The summed E-state index contributed by atoms with van der Waals surface area (Å²) in [6.45, 7) is 2.10. The number of benzene rings is 6. The molecule has 0 saturated carbocycles. The fourth-order valence-electron chi connectivity index (χ4n) is 6.05. The van der Waals surface area contributed by atoms with Crippen LogP contribution >= 0.6 is 0 Å². The van der Waals surface area contributed by atoms with E-state index in [-0.39, 0.29) is 0 Å². The maximum Gasteiger partial charge on any atom is 0.0541 e. The normalized spacial score (nSPS) is 11.9. The van der Waals surface area contributed by atoms with Gasteiger partial charge in [-0.25, -0.2) is 0 Å². The Morgan fingerprint density at radius 2 is 1.02 bits per heavy atom. The van der Waals surface area contributed by atoms with Crippen molar-refractivity contribution in [2.24, 2.45) is 0 Å². The first-order valence-electron chi connectivity index (χ1n) is 15.2. The molecule has 2 nitrogen and oxygen atoms in total. The summed E-state index contributed by atoms with van der Waals surface area (Å²) >= 11 is 0. The Balaban J connectivity index is 1.09. The van der Waals surface area contributed by atoms with Gasteiger partial charge in [0.1, 0.15) is 0 Å². The molecule has 0 fully saturated rings. The number of aromatic nitrogens is 1. The highest BCUT2D eigenvalue weighted by molar-refractivity contribution is 6.09. The number of hydrogen-bond donors (Lipinski definition) is 0. The van der Waals surface area contributed by atoms with Crippen molar-refractivity contribution in [1.29, 1.82) is 0 Å². The van der Waals surface area contributed by atoms with Crippen LogP contribution in [0.5, 0.6) is 0 Å². The highest BCUT2D eigenvalue weighted by atomic mass is 15.1. The lowest BCUT2D eigenvalue weighted by molar-refractivity contribution is 1.18. The van der Waals surface area contributed by atoms with Gasteiger partial charge in [-0.2, -0.15) is 0 Å². The first-order valence-corrected chi connectivity index (χ1v) is 15.2. The minimum Gasteiger partial charge on any atom is -0.311 e. The molecule has 2 heteroatoms. The van der Waals surface area contributed by atoms with E-state index in [1.807, 2.05) is 0 Å². The summed E-state index contributed by atoms with van der Waals surface area (Å²) < 4.78 is 2.36. The zero-order valence-electron chi connectivity index (χ0n) is 24.8. The van der Waals surface area contributed by atoms with Gasteiger partial charge in [-0.3, -0.25) is 0 Å². The molecule has 0 radical (unpaired) electrons. The Hall–Kier alpha value is -5.60. The second kappa shape index (κ2) is 12.3. The van der Waals surface area contributed by atoms with E-state index in [1.54, 1.807) is 0 Å². The largest absolute Gasteiger partial charge is 0.311 e. The molecule has 1 aromatic heterocycles. The molecule has 6 aromatic carbocycles. The summed E-state index contributed by atoms with van der Waals surface area (Å²) in [6, 6.07) is 56.2. The second-order valence-electron chi connectivity index (χ2n) is 10.9. The van der Waals surface area contributed by atoms with Crippen LogP contribution in [-0.4, -0.2) is 4.57 Å². The standard InChI is InChI=1S/C42H34N2/c1-2-35(43(36-15-5-3-6-16-36)37-17-7-4-8-18-37)19-13-14-32-24-26-33(27-25-32)34-28-30-38(31-29-34)44-41-22-11-9-20-39(41)40-21-10-12-23-42(40)44/h2-13,15-31H,14H2,1H3/b19-13-,35-2+. The summed E-state index contributed by atoms with van der Waals surface area (Å²) in [5.74, 6) is 0. The summed E-state index contributed by atoms with van der Waals surface area (Å²) in [5, 5.41) is 2.57. The molecule has 212 valence electrons. The van der Waals surface area contributed by atoms with Crippen molar-refractivity contribution in [3.8, 4) is 16.8 Å². The van der Waals surface area contributed by atoms with Crippen molar-refractivity contribution in [2.45, 2.75) is 13.3 Å². The van der Waals surface area contributed by atoms with Crippen molar-refractivity contribution in [3.05, 3.63) is 187 Å². The zero-order chi connectivity index (χ0) is 29.7. The van der Waals surface area contributed by atoms with E-state index < -0.39 is 0 Å². The van der Waals surface area contributed by atoms with Crippen LogP contribution in [0.3, 0.4) is 0 Å². The first kappa shape index (κ1) is 27.2. The summed E-state index contributed by atoms with van der Waals surface area (Å²) in [4.78, 5) is 2.29. The maximum absolute atomic E-state index is 2.36. The SMILES string of the molecule is C/C=C(\C=C/Cc1ccc(-c2ccc(-n3c4ccccc4c4ccccc43)cc2)cc1)N(c1ccccc1)c1ccccc1. The average Bonchev–Trinajstić information content (AvgIpc) is 3.43. The van der Waals surface area contributed by atoms with Crippen LogP contribution in [0.25, 0.3) is 38.6 Å². The van der Waals surface area contributed by atoms with Gasteiger partial charge in [0.15, 0.2) is 0 Å². The van der Waals surface area contributed by atoms with Gasteiger partial charge in [-0.1, -0.05) is 121 Å². The van der Waals surface area contributed by atoms with E-state index >= 15 is 0 Å². The van der Waals surface area contributed by atoms with E-state index in [0.717, 1.165) is 23.5 Å². The molecule has 0 aliphatic rings. The minimum absolute atomic E-state index is 0.863. The fourth-order valence-corrected chi connectivity index (χ4v) is 6.05. The first-order chi connectivity index (χ1) is 21.8. The molecule has 7 aromatic rings. The lowest BCUT2D eigenvalue weighted by atomic mass is 10.0. The number of rotatable bonds is 8. The Bertz CT molecular complexity index is 1970. The van der Waals surface area contributed by atoms with Gasteiger partial charge in [0.05, 0.1) is 11.0 Å². The molecule has 0 bridgehead atoms. The molecule has 7 rings (SSSR count). The van der Waals surface area contributed by atoms with Crippen molar-refractivity contribution >= 4 is 33.2 Å². The lowest BCUT2D eigenvalue weighted by Crippen LogP contribution is -2.14. The summed E-state index contributed by atoms with van der Waals surface area (Å²) in [5.41, 5.74) is 10.8. The van der Waals surface area contributed by atoms with Crippen molar-refractivity contribution < 1.29 is 0 Å². The molecule has 0 spiro atoms. The van der Waals surface area contributed by atoms with Gasteiger partial charge < -0.3 is 9.47 Å². The van der Waals surface area contributed by atoms with Crippen LogP contribution in [0, 0.1) is 0 Å². The Morgan fingerprint density at radius 1 is 0.545 bits per heavy atom. The number of para-hydroxylation sites is 4. The Labute approximate surface area is 259 Å². The highest BCUT2D eigenvalue weighted by Crippen LogP contribution is 2.33. The highest BCUT2D eigenvalue weighted by Gasteiger charge is 2.13. The quantitative estimate of drug-likeness (QED) is 0.166. The van der Waals surface area contributed by atoms with Gasteiger partial charge in [0.2, 0.25) is 0 Å². The van der Waals surface area contributed by atoms with Gasteiger partial charge in [-0.15, -0.1) is 0 Å². The van der Waals surface area contributed by atoms with Crippen molar-refractivity contribution in [2.75, 3.05) is 4.90 Å². The predicted molar refractivity (Wildman–Crippen MR) is 188 cm³/mol. The van der Waals surface area contributed by atoms with Crippen LogP contribution < -0.4 is 4.90 Å².